The third-order valence-electron chi connectivity index (χ3n) is 2.03. The molecule has 1 aromatic heterocycles. The molecule has 0 fully saturated rings. The number of aromatic nitrogens is 1. The van der Waals surface area contributed by atoms with Crippen LogP contribution in [0.3, 0.4) is 0 Å². The van der Waals surface area contributed by atoms with E-state index in [1.165, 1.54) is 18.3 Å². The van der Waals surface area contributed by atoms with Crippen LogP contribution >= 0.6 is 11.6 Å². The van der Waals surface area contributed by atoms with Gasteiger partial charge in [-0.1, -0.05) is 11.6 Å². The molecule has 1 aromatic rings. The van der Waals surface area contributed by atoms with Crippen molar-refractivity contribution in [3.63, 3.8) is 0 Å². The Labute approximate surface area is 111 Å². The quantitative estimate of drug-likeness (QED) is 0.749. The number of hydrogen-bond donors (Lipinski definition) is 2. The normalized spacial score (nSPS) is 11.2. The first-order chi connectivity index (χ1) is 8.45. The fourth-order valence-corrected chi connectivity index (χ4v) is 2.50. The maximum atomic E-state index is 11.8. The molecule has 18 heavy (non-hydrogen) atoms. The van der Waals surface area contributed by atoms with Crippen LogP contribution in [-0.2, 0) is 14.8 Å². The minimum atomic E-state index is -3.65. The van der Waals surface area contributed by atoms with E-state index in [0.717, 1.165) is 0 Å². The number of carbonyl (C=O) groups excluding carboxylic acids is 1. The van der Waals surface area contributed by atoms with Crippen molar-refractivity contribution in [2.24, 2.45) is 0 Å². The van der Waals surface area contributed by atoms with Crippen molar-refractivity contribution in [1.82, 2.24) is 15.0 Å². The van der Waals surface area contributed by atoms with Gasteiger partial charge in [-0.3, -0.25) is 4.79 Å². The highest BCUT2D eigenvalue weighted by Gasteiger charge is 2.14. The molecule has 0 aliphatic rings. The van der Waals surface area contributed by atoms with E-state index in [0.29, 0.717) is 6.54 Å². The van der Waals surface area contributed by atoms with E-state index in [2.05, 4.69) is 15.0 Å². The molecule has 0 spiro atoms. The molecule has 1 amide bonds. The third kappa shape index (κ3) is 4.59. The van der Waals surface area contributed by atoms with Crippen LogP contribution < -0.4 is 10.0 Å². The van der Waals surface area contributed by atoms with Crippen LogP contribution in [0.15, 0.2) is 23.2 Å². The van der Waals surface area contributed by atoms with E-state index in [1.54, 1.807) is 6.92 Å². The second-order valence-electron chi connectivity index (χ2n) is 3.42. The molecular weight excluding hydrogens is 278 g/mol. The Hall–Kier alpha value is -1.18. The number of hydrogen-bond acceptors (Lipinski definition) is 4. The number of nitrogens with one attached hydrogen (secondary N) is 2. The Kier molecular flexibility index (Phi) is 5.52. The molecule has 8 heteroatoms. The molecule has 1 heterocycles. The van der Waals surface area contributed by atoms with Gasteiger partial charge in [-0.2, -0.15) is 0 Å². The predicted octanol–water partition coefficient (Wildman–Crippen LogP) is 0.539. The molecule has 0 radical (unpaired) electrons. The SMILES string of the molecule is CCNC(=O)CCNS(=O)(=O)c1ccnc(Cl)c1. The second-order valence-corrected chi connectivity index (χ2v) is 5.57. The van der Waals surface area contributed by atoms with Crippen molar-refractivity contribution in [2.45, 2.75) is 18.2 Å². The van der Waals surface area contributed by atoms with Crippen molar-refractivity contribution in [3.8, 4) is 0 Å². The summed E-state index contributed by atoms with van der Waals surface area (Å²) in [4.78, 5) is 14.9. The van der Waals surface area contributed by atoms with E-state index >= 15 is 0 Å². The topological polar surface area (TPSA) is 88.2 Å². The molecule has 2 N–H and O–H groups in total. The van der Waals surface area contributed by atoms with Gasteiger partial charge in [0.05, 0.1) is 4.90 Å². The summed E-state index contributed by atoms with van der Waals surface area (Å²) in [6.45, 7) is 2.35. The highest BCUT2D eigenvalue weighted by molar-refractivity contribution is 7.89. The predicted molar refractivity (Wildman–Crippen MR) is 67.7 cm³/mol. The lowest BCUT2D eigenvalue weighted by molar-refractivity contribution is -0.120. The largest absolute Gasteiger partial charge is 0.356 e. The molecule has 0 aliphatic carbocycles. The molecule has 6 nitrogen and oxygen atoms in total. The summed E-state index contributed by atoms with van der Waals surface area (Å²) in [5.41, 5.74) is 0. The van der Waals surface area contributed by atoms with Gasteiger partial charge in [0.15, 0.2) is 0 Å². The standard InChI is InChI=1S/C10H14ClN3O3S/c1-2-12-10(15)4-6-14-18(16,17)8-3-5-13-9(11)7-8/h3,5,7,14H,2,4,6H2,1H3,(H,12,15). The first-order valence-corrected chi connectivity index (χ1v) is 7.19. The van der Waals surface area contributed by atoms with Crippen LogP contribution in [0, 0.1) is 0 Å². The summed E-state index contributed by atoms with van der Waals surface area (Å²) in [5, 5.41) is 2.67. The van der Waals surface area contributed by atoms with Gasteiger partial charge in [-0.25, -0.2) is 18.1 Å². The summed E-state index contributed by atoms with van der Waals surface area (Å²) < 4.78 is 25.9. The van der Waals surface area contributed by atoms with Crippen LogP contribution in [0.25, 0.3) is 0 Å². The second kappa shape index (κ2) is 6.67. The number of rotatable bonds is 6. The minimum absolute atomic E-state index is 0.0263. The van der Waals surface area contributed by atoms with E-state index in [1.807, 2.05) is 0 Å². The Balaban J connectivity index is 2.58. The van der Waals surface area contributed by atoms with Crippen molar-refractivity contribution < 1.29 is 13.2 Å². The summed E-state index contributed by atoms with van der Waals surface area (Å²) in [6, 6.07) is 2.58. The molecule has 0 aliphatic heterocycles. The van der Waals surface area contributed by atoms with Crippen LogP contribution in [0.4, 0.5) is 0 Å². The molecule has 1 rings (SSSR count). The molecule has 0 saturated heterocycles. The number of halogens is 1. The van der Waals surface area contributed by atoms with E-state index in [9.17, 15) is 13.2 Å². The zero-order valence-corrected chi connectivity index (χ0v) is 11.4. The van der Waals surface area contributed by atoms with Gasteiger partial charge in [0.1, 0.15) is 5.15 Å². The van der Waals surface area contributed by atoms with Gasteiger partial charge in [0, 0.05) is 25.7 Å². The fraction of sp³-hybridized carbons (Fsp3) is 0.400. The van der Waals surface area contributed by atoms with Gasteiger partial charge in [0.2, 0.25) is 15.9 Å². The highest BCUT2D eigenvalue weighted by atomic mass is 35.5. The highest BCUT2D eigenvalue weighted by Crippen LogP contribution is 2.12. The smallest absolute Gasteiger partial charge is 0.240 e. The van der Waals surface area contributed by atoms with Gasteiger partial charge >= 0.3 is 0 Å². The number of carbonyl (C=O) groups is 1. The lowest BCUT2D eigenvalue weighted by Gasteiger charge is -2.06. The van der Waals surface area contributed by atoms with E-state index in [4.69, 9.17) is 11.6 Å². The Morgan fingerprint density at radius 1 is 1.50 bits per heavy atom. The maximum absolute atomic E-state index is 11.8. The van der Waals surface area contributed by atoms with Crippen LogP contribution in [0.1, 0.15) is 13.3 Å². The molecule has 0 atom stereocenters. The summed E-state index contributed by atoms with van der Waals surface area (Å²) in [5.74, 6) is -0.201. The zero-order chi connectivity index (χ0) is 13.6. The first kappa shape index (κ1) is 14.9. The molecular formula is C10H14ClN3O3S. The molecule has 0 saturated carbocycles. The number of pyridine rings is 1. The van der Waals surface area contributed by atoms with Gasteiger partial charge in [0.25, 0.3) is 0 Å². The summed E-state index contributed by atoms with van der Waals surface area (Å²) in [7, 11) is -3.65. The monoisotopic (exact) mass is 291 g/mol. The average molecular weight is 292 g/mol. The van der Waals surface area contributed by atoms with Crippen LogP contribution in [0.2, 0.25) is 5.15 Å². The minimum Gasteiger partial charge on any atom is -0.356 e. The van der Waals surface area contributed by atoms with Crippen LogP contribution in [-0.4, -0.2) is 32.4 Å². The van der Waals surface area contributed by atoms with E-state index in [-0.39, 0.29) is 28.9 Å². The zero-order valence-electron chi connectivity index (χ0n) is 9.81. The summed E-state index contributed by atoms with van der Waals surface area (Å²) >= 11 is 5.61. The van der Waals surface area contributed by atoms with Gasteiger partial charge in [-0.15, -0.1) is 0 Å². The molecule has 0 unspecified atom stereocenters. The van der Waals surface area contributed by atoms with Crippen molar-refractivity contribution >= 4 is 27.5 Å². The fourth-order valence-electron chi connectivity index (χ4n) is 1.22. The Morgan fingerprint density at radius 3 is 2.83 bits per heavy atom. The Bertz CT molecular complexity index is 519. The van der Waals surface area contributed by atoms with Crippen LogP contribution in [0.5, 0.6) is 0 Å². The van der Waals surface area contributed by atoms with Crippen molar-refractivity contribution in [1.29, 1.82) is 0 Å². The van der Waals surface area contributed by atoms with Gasteiger partial charge < -0.3 is 5.32 Å². The Morgan fingerprint density at radius 2 is 2.22 bits per heavy atom. The molecule has 100 valence electrons. The summed E-state index contributed by atoms with van der Waals surface area (Å²) in [6.07, 6.45) is 1.40. The number of sulfonamides is 1. The maximum Gasteiger partial charge on any atom is 0.240 e. The average Bonchev–Trinajstić information content (AvgIpc) is 2.29. The van der Waals surface area contributed by atoms with Crippen molar-refractivity contribution in [3.05, 3.63) is 23.5 Å². The first-order valence-electron chi connectivity index (χ1n) is 5.33. The van der Waals surface area contributed by atoms with E-state index < -0.39 is 10.0 Å². The number of amides is 1. The van der Waals surface area contributed by atoms with Gasteiger partial charge in [-0.05, 0) is 19.1 Å². The molecule has 0 aromatic carbocycles. The lowest BCUT2D eigenvalue weighted by atomic mass is 10.4. The number of nitrogens with zero attached hydrogens (tertiary/aromatic N) is 1. The van der Waals surface area contributed by atoms with Crippen molar-refractivity contribution in [2.75, 3.05) is 13.1 Å². The third-order valence-corrected chi connectivity index (χ3v) is 3.69. The molecule has 0 bridgehead atoms. The lowest BCUT2D eigenvalue weighted by Crippen LogP contribution is -2.30.